The Hall–Kier alpha value is -5.56. The van der Waals surface area contributed by atoms with Crippen LogP contribution < -0.4 is 16.2 Å². The van der Waals surface area contributed by atoms with Crippen LogP contribution in [0.2, 0.25) is 0 Å². The third-order valence-electron chi connectivity index (χ3n) is 10.6. The van der Waals surface area contributed by atoms with Gasteiger partial charge in [0.15, 0.2) is 0 Å². The second-order valence-corrected chi connectivity index (χ2v) is 14.8. The first-order valence-electron chi connectivity index (χ1n) is 16.9. The van der Waals surface area contributed by atoms with Gasteiger partial charge in [-0.25, -0.2) is 19.6 Å². The number of hydrogen-bond donors (Lipinski definition) is 0. The molecule has 0 saturated heterocycles. The van der Waals surface area contributed by atoms with Gasteiger partial charge >= 0.3 is 11.3 Å². The molecule has 0 spiro atoms. The van der Waals surface area contributed by atoms with Gasteiger partial charge in [0, 0.05) is 35.1 Å². The number of anilines is 1. The highest BCUT2D eigenvalue weighted by Gasteiger charge is 2.42. The highest BCUT2D eigenvalue weighted by Crippen LogP contribution is 2.51. The number of aromatic nitrogens is 2. The van der Waals surface area contributed by atoms with Crippen molar-refractivity contribution in [1.29, 1.82) is 0 Å². The lowest BCUT2D eigenvalue weighted by atomic mass is 9.69. The Morgan fingerprint density at radius 2 is 1.16 bits per heavy atom. The predicted octanol–water partition coefficient (Wildman–Crippen LogP) is 9.01. The van der Waals surface area contributed by atoms with Crippen LogP contribution in [0.1, 0.15) is 51.7 Å². The number of nitrogens with zero attached hydrogens (tertiary/aromatic N) is 3. The standard InChI is InChI=1S/C42H35N3O4/c1-41(2)15-17-45-18-16-42(3,4)36-37(45)30(41)22-27-21-29(40(47)49-38(27)36)32-12-8-14-34(44-32)33-13-7-11-31(43-33)28-20-26-19-24-9-5-6-10-25(24)23-35(26)48-39(28)46/h5-14,19-23H,15-18H2,1-4H3. The number of fused-ring (bicyclic) bond motifs is 4. The molecule has 7 aromatic rings. The quantitative estimate of drug-likeness (QED) is 0.140. The van der Waals surface area contributed by atoms with Crippen LogP contribution in [0.5, 0.6) is 0 Å². The van der Waals surface area contributed by atoms with Crippen LogP contribution in [0.4, 0.5) is 5.69 Å². The highest BCUT2D eigenvalue weighted by molar-refractivity contribution is 5.97. The van der Waals surface area contributed by atoms with Crippen molar-refractivity contribution in [3.8, 4) is 33.9 Å². The van der Waals surface area contributed by atoms with E-state index >= 15 is 0 Å². The molecule has 242 valence electrons. The molecule has 0 amide bonds. The Bertz CT molecular complexity index is 2630. The number of hydrogen-bond acceptors (Lipinski definition) is 7. The summed E-state index contributed by atoms with van der Waals surface area (Å²) in [4.78, 5) is 39.1. The highest BCUT2D eigenvalue weighted by atomic mass is 16.4. The molecule has 9 rings (SSSR count). The van der Waals surface area contributed by atoms with E-state index < -0.39 is 11.3 Å². The van der Waals surface area contributed by atoms with E-state index in [9.17, 15) is 9.59 Å². The van der Waals surface area contributed by atoms with Gasteiger partial charge in [-0.05, 0) is 94.6 Å². The summed E-state index contributed by atoms with van der Waals surface area (Å²) in [5.74, 6) is 0. The van der Waals surface area contributed by atoms with E-state index in [0.29, 0.717) is 45.1 Å². The third kappa shape index (κ3) is 4.71. The van der Waals surface area contributed by atoms with Crippen LogP contribution in [0.3, 0.4) is 0 Å². The van der Waals surface area contributed by atoms with Gasteiger partial charge in [-0.1, -0.05) is 64.1 Å². The molecule has 0 fully saturated rings. The average Bonchev–Trinajstić information content (AvgIpc) is 3.09. The molecule has 0 bridgehead atoms. The normalized spacial score (nSPS) is 16.3. The maximum absolute atomic E-state index is 13.7. The van der Waals surface area contributed by atoms with Gasteiger partial charge < -0.3 is 13.7 Å². The Morgan fingerprint density at radius 1 is 0.592 bits per heavy atom. The van der Waals surface area contributed by atoms with Crippen LogP contribution in [0.25, 0.3) is 66.6 Å². The first-order valence-corrected chi connectivity index (χ1v) is 16.9. The lowest BCUT2D eigenvalue weighted by Gasteiger charge is -2.48. The molecule has 6 heterocycles. The molecule has 0 saturated carbocycles. The molecule has 0 unspecified atom stereocenters. The van der Waals surface area contributed by atoms with Crippen LogP contribution in [0, 0.1) is 0 Å². The van der Waals surface area contributed by atoms with Crippen LogP contribution in [0.15, 0.2) is 109 Å². The summed E-state index contributed by atoms with van der Waals surface area (Å²) in [6, 6.07) is 28.9. The fraction of sp³-hybridized carbons (Fsp3) is 0.238. The van der Waals surface area contributed by atoms with Gasteiger partial charge in [-0.2, -0.15) is 0 Å². The minimum absolute atomic E-state index is 0.00338. The molecule has 49 heavy (non-hydrogen) atoms. The van der Waals surface area contributed by atoms with Crippen molar-refractivity contribution in [2.24, 2.45) is 0 Å². The molecule has 7 heteroatoms. The van der Waals surface area contributed by atoms with E-state index in [1.165, 1.54) is 11.3 Å². The van der Waals surface area contributed by atoms with Gasteiger partial charge in [0.25, 0.3) is 0 Å². The zero-order valence-electron chi connectivity index (χ0n) is 28.0. The minimum atomic E-state index is -0.460. The summed E-state index contributed by atoms with van der Waals surface area (Å²) in [7, 11) is 0. The zero-order chi connectivity index (χ0) is 33.7. The van der Waals surface area contributed by atoms with Crippen molar-refractivity contribution < 1.29 is 8.83 Å². The van der Waals surface area contributed by atoms with E-state index in [2.05, 4.69) is 38.7 Å². The van der Waals surface area contributed by atoms with Crippen molar-refractivity contribution in [3.63, 3.8) is 0 Å². The van der Waals surface area contributed by atoms with Gasteiger partial charge in [0.2, 0.25) is 0 Å². The molecule has 2 aliphatic heterocycles. The SMILES string of the molecule is CC1(C)CCN2CCC(C)(C)c3c2c1cc1cc(-c2cccc(-c4cccc(-c5cc6cc7ccccc7cc6oc5=O)n4)n2)c(=O)oc31. The lowest BCUT2D eigenvalue weighted by Crippen LogP contribution is -2.44. The van der Waals surface area contributed by atoms with E-state index in [-0.39, 0.29) is 10.8 Å². The summed E-state index contributed by atoms with van der Waals surface area (Å²) in [5, 5.41) is 3.80. The van der Waals surface area contributed by atoms with E-state index in [1.54, 1.807) is 6.07 Å². The monoisotopic (exact) mass is 645 g/mol. The fourth-order valence-electron chi connectivity index (χ4n) is 7.77. The third-order valence-corrected chi connectivity index (χ3v) is 10.6. The van der Waals surface area contributed by atoms with E-state index in [0.717, 1.165) is 53.0 Å². The maximum Gasteiger partial charge on any atom is 0.345 e. The minimum Gasteiger partial charge on any atom is -0.422 e. The Kier molecular flexibility index (Phi) is 6.32. The van der Waals surface area contributed by atoms with Crippen LogP contribution in [-0.4, -0.2) is 23.1 Å². The topological polar surface area (TPSA) is 89.4 Å². The molecular formula is C42H35N3O4. The maximum atomic E-state index is 13.7. The molecule has 4 aromatic heterocycles. The summed E-state index contributed by atoms with van der Waals surface area (Å²) in [6.45, 7) is 11.1. The number of pyridine rings is 2. The Balaban J connectivity index is 1.14. The van der Waals surface area contributed by atoms with E-state index in [1.807, 2.05) is 78.9 Å². The molecule has 0 radical (unpaired) electrons. The van der Waals surface area contributed by atoms with Crippen LogP contribution in [-0.2, 0) is 10.8 Å². The summed E-state index contributed by atoms with van der Waals surface area (Å²) in [6.07, 6.45) is 2.07. The smallest absolute Gasteiger partial charge is 0.345 e. The van der Waals surface area contributed by atoms with Gasteiger partial charge in [-0.15, -0.1) is 0 Å². The molecule has 0 aliphatic carbocycles. The van der Waals surface area contributed by atoms with Crippen molar-refractivity contribution in [3.05, 3.63) is 123 Å². The molecule has 0 atom stereocenters. The Labute approximate surface area is 282 Å². The second kappa shape index (κ2) is 10.5. The zero-order valence-corrected chi connectivity index (χ0v) is 28.0. The Morgan fingerprint density at radius 3 is 1.84 bits per heavy atom. The van der Waals surface area contributed by atoms with E-state index in [4.69, 9.17) is 18.8 Å². The fourth-order valence-corrected chi connectivity index (χ4v) is 7.77. The summed E-state index contributed by atoms with van der Waals surface area (Å²) in [5.41, 5.74) is 6.80. The molecule has 3 aromatic carbocycles. The summed E-state index contributed by atoms with van der Waals surface area (Å²) < 4.78 is 12.0. The van der Waals surface area contributed by atoms with Crippen molar-refractivity contribution in [2.75, 3.05) is 18.0 Å². The predicted molar refractivity (Wildman–Crippen MR) is 195 cm³/mol. The molecule has 0 N–H and O–H groups in total. The largest absolute Gasteiger partial charge is 0.422 e. The molecule has 7 nitrogen and oxygen atoms in total. The lowest BCUT2D eigenvalue weighted by molar-refractivity contribution is 0.398. The van der Waals surface area contributed by atoms with Crippen molar-refractivity contribution in [1.82, 2.24) is 9.97 Å². The first kappa shape index (κ1) is 29.6. The first-order chi connectivity index (χ1) is 23.6. The molecule has 2 aliphatic rings. The summed E-state index contributed by atoms with van der Waals surface area (Å²) >= 11 is 0. The van der Waals surface area contributed by atoms with Crippen molar-refractivity contribution in [2.45, 2.75) is 51.4 Å². The second-order valence-electron chi connectivity index (χ2n) is 14.8. The van der Waals surface area contributed by atoms with Gasteiger partial charge in [0.05, 0.1) is 33.9 Å². The number of benzene rings is 3. The number of rotatable bonds is 3. The molecular weight excluding hydrogens is 610 g/mol. The average molecular weight is 646 g/mol. The van der Waals surface area contributed by atoms with Gasteiger partial charge in [-0.3, -0.25) is 0 Å². The van der Waals surface area contributed by atoms with Gasteiger partial charge in [0.1, 0.15) is 11.2 Å². The van der Waals surface area contributed by atoms with Crippen molar-refractivity contribution >= 4 is 38.4 Å². The van der Waals surface area contributed by atoms with Crippen LogP contribution >= 0.6 is 0 Å².